The highest BCUT2D eigenvalue weighted by atomic mass is 127. The number of aromatic nitrogens is 4. The van der Waals surface area contributed by atoms with Gasteiger partial charge in [0.25, 0.3) is 0 Å². The van der Waals surface area contributed by atoms with Crippen molar-refractivity contribution in [3.05, 3.63) is 46.1 Å². The number of nitrogens with two attached hydrogens (primary N) is 1. The Morgan fingerprint density at radius 3 is 2.88 bits per heavy atom. The van der Waals surface area contributed by atoms with Gasteiger partial charge in [-0.05, 0) is 52.5 Å². The first kappa shape index (κ1) is 25.1. The molecule has 1 aromatic carbocycles. The summed E-state index contributed by atoms with van der Waals surface area (Å²) in [4.78, 5) is 23.9. The van der Waals surface area contributed by atoms with E-state index in [1.54, 1.807) is 4.57 Å². The maximum atomic E-state index is 10.8. The number of thioether (sulfide) groups is 1. The van der Waals surface area contributed by atoms with E-state index in [0.717, 1.165) is 9.13 Å². The molecule has 2 aromatic heterocycles. The molecule has 34 heavy (non-hydrogen) atoms. The van der Waals surface area contributed by atoms with Crippen LogP contribution in [-0.2, 0) is 16.1 Å². The van der Waals surface area contributed by atoms with Gasteiger partial charge in [0.15, 0.2) is 23.2 Å². The Bertz CT molecular complexity index is 1150. The zero-order chi connectivity index (χ0) is 24.2. The molecule has 1 aliphatic rings. The first-order chi connectivity index (χ1) is 16.3. The van der Waals surface area contributed by atoms with Crippen molar-refractivity contribution in [2.45, 2.75) is 43.5 Å². The summed E-state index contributed by atoms with van der Waals surface area (Å²) in [6.45, 7) is 0.557. The minimum Gasteiger partial charge on any atom is -0.480 e. The van der Waals surface area contributed by atoms with Crippen LogP contribution in [0.15, 0.2) is 36.9 Å². The summed E-state index contributed by atoms with van der Waals surface area (Å²) >= 11 is 3.67. The maximum absolute atomic E-state index is 10.8. The van der Waals surface area contributed by atoms with E-state index in [1.807, 2.05) is 18.2 Å². The van der Waals surface area contributed by atoms with Crippen LogP contribution >= 0.6 is 34.4 Å². The van der Waals surface area contributed by atoms with Crippen molar-refractivity contribution in [2.75, 3.05) is 16.8 Å². The summed E-state index contributed by atoms with van der Waals surface area (Å²) in [5.41, 5.74) is 7.61. The van der Waals surface area contributed by atoms with Crippen molar-refractivity contribution < 1.29 is 24.9 Å². The number of hydrogen-bond acceptors (Lipinski definition) is 10. The fourth-order valence-corrected chi connectivity index (χ4v) is 5.33. The predicted molar refractivity (Wildman–Crippen MR) is 135 cm³/mol. The van der Waals surface area contributed by atoms with Gasteiger partial charge < -0.3 is 31.1 Å². The van der Waals surface area contributed by atoms with Gasteiger partial charge in [-0.1, -0.05) is 12.1 Å². The monoisotopic (exact) mass is 600 g/mol. The quantitative estimate of drug-likeness (QED) is 0.168. The van der Waals surface area contributed by atoms with Gasteiger partial charge in [-0.15, -0.1) is 0 Å². The fourth-order valence-electron chi connectivity index (χ4n) is 3.63. The van der Waals surface area contributed by atoms with Crippen molar-refractivity contribution in [3.8, 4) is 0 Å². The first-order valence-corrected chi connectivity index (χ1v) is 12.8. The lowest BCUT2D eigenvalue weighted by Crippen LogP contribution is -2.33. The molecule has 6 N–H and O–H groups in total. The van der Waals surface area contributed by atoms with Crippen LogP contribution < -0.4 is 11.1 Å². The summed E-state index contributed by atoms with van der Waals surface area (Å²) in [6, 6.07) is 7.17. The van der Waals surface area contributed by atoms with Gasteiger partial charge in [0, 0.05) is 15.9 Å². The highest BCUT2D eigenvalue weighted by molar-refractivity contribution is 14.1. The van der Waals surface area contributed by atoms with Gasteiger partial charge in [0.1, 0.15) is 24.6 Å². The number of imidazole rings is 1. The number of nitrogens with one attached hydrogen (secondary N) is 1. The number of ether oxygens (including phenoxy) is 1. The summed E-state index contributed by atoms with van der Waals surface area (Å²) in [5.74, 6) is 0.384. The highest BCUT2D eigenvalue weighted by Gasteiger charge is 2.44. The van der Waals surface area contributed by atoms with E-state index in [1.165, 1.54) is 24.4 Å². The molecule has 3 heterocycles. The van der Waals surface area contributed by atoms with Gasteiger partial charge in [0.2, 0.25) is 0 Å². The van der Waals surface area contributed by atoms with Crippen LogP contribution in [0.25, 0.3) is 11.2 Å². The molecule has 0 bridgehead atoms. The van der Waals surface area contributed by atoms with E-state index >= 15 is 0 Å². The topological polar surface area (TPSA) is 169 Å². The number of nitrogens with zero attached hydrogens (tertiary/aromatic N) is 4. The number of aliphatic carboxylic acids is 1. The Labute approximate surface area is 213 Å². The average molecular weight is 600 g/mol. The second-order valence-corrected chi connectivity index (χ2v) is 10.3. The molecule has 1 fully saturated rings. The Morgan fingerprint density at radius 2 is 2.12 bits per heavy atom. The normalized spacial score (nSPS) is 23.3. The van der Waals surface area contributed by atoms with Gasteiger partial charge >= 0.3 is 5.97 Å². The Morgan fingerprint density at radius 1 is 1.29 bits per heavy atom. The van der Waals surface area contributed by atoms with E-state index in [0.29, 0.717) is 41.5 Å². The SMILES string of the molecule is N[C@H](CCSC[C@H]1O[C@@H](n2cnc3c(NCc4cccc(I)c4)ncnc32)[C@H](O)[C@@H]1O)C(=O)O. The standard InChI is InChI=1S/C21H25IN6O5S/c22-12-3-1-2-11(6-12)7-24-18-15-19(26-9-25-18)28(10-27-15)20-17(30)16(29)14(33-20)8-34-5-4-13(23)21(31)32/h1-3,6,9-10,13-14,16-17,20,29-30H,4-5,7-8,23H2,(H,31,32)(H,24,25,26)/t13-,14-,16-,17-,20-/m1/s1. The van der Waals surface area contributed by atoms with Crippen LogP contribution in [0.3, 0.4) is 0 Å². The summed E-state index contributed by atoms with van der Waals surface area (Å²) in [7, 11) is 0. The number of halogens is 1. The number of fused-ring (bicyclic) bond motifs is 1. The van der Waals surface area contributed by atoms with Gasteiger partial charge in [0.05, 0.1) is 12.4 Å². The molecule has 4 rings (SSSR count). The van der Waals surface area contributed by atoms with Crippen LogP contribution in [-0.4, -0.2) is 76.7 Å². The molecule has 0 aliphatic carbocycles. The number of hydrogen-bond donors (Lipinski definition) is 5. The number of rotatable bonds is 10. The van der Waals surface area contributed by atoms with E-state index < -0.39 is 36.6 Å². The Kier molecular flexibility index (Phi) is 8.21. The number of carboxylic acids is 1. The van der Waals surface area contributed by atoms with Crippen molar-refractivity contribution in [3.63, 3.8) is 0 Å². The van der Waals surface area contributed by atoms with Crippen LogP contribution in [0.1, 0.15) is 18.2 Å². The average Bonchev–Trinajstić information content (AvgIpc) is 3.37. The van der Waals surface area contributed by atoms with E-state index in [9.17, 15) is 15.0 Å². The minimum absolute atomic E-state index is 0.301. The molecule has 1 saturated heterocycles. The van der Waals surface area contributed by atoms with Crippen molar-refractivity contribution in [2.24, 2.45) is 5.73 Å². The molecule has 182 valence electrons. The fraction of sp³-hybridized carbons (Fsp3) is 0.429. The molecule has 0 radical (unpaired) electrons. The smallest absolute Gasteiger partial charge is 0.320 e. The van der Waals surface area contributed by atoms with Crippen LogP contribution in [0.2, 0.25) is 0 Å². The second-order valence-electron chi connectivity index (χ2n) is 7.88. The number of carboxylic acid groups (broad SMARTS) is 1. The summed E-state index contributed by atoms with van der Waals surface area (Å²) in [6.07, 6.45) is -0.568. The minimum atomic E-state index is -1.18. The number of aliphatic hydroxyl groups excluding tert-OH is 2. The number of benzene rings is 1. The zero-order valence-electron chi connectivity index (χ0n) is 18.0. The van der Waals surface area contributed by atoms with Gasteiger partial charge in [-0.2, -0.15) is 11.8 Å². The third-order valence-electron chi connectivity index (χ3n) is 5.49. The maximum Gasteiger partial charge on any atom is 0.320 e. The molecular weight excluding hydrogens is 575 g/mol. The Balaban J connectivity index is 1.43. The lowest BCUT2D eigenvalue weighted by molar-refractivity contribution is -0.138. The second kappa shape index (κ2) is 11.1. The molecule has 0 spiro atoms. The van der Waals surface area contributed by atoms with E-state index in [4.69, 9.17) is 15.6 Å². The van der Waals surface area contributed by atoms with Gasteiger partial charge in [-0.25, -0.2) is 15.0 Å². The van der Waals surface area contributed by atoms with Crippen molar-refractivity contribution in [1.29, 1.82) is 0 Å². The predicted octanol–water partition coefficient (Wildman–Crippen LogP) is 1.20. The van der Waals surface area contributed by atoms with Gasteiger partial charge in [-0.3, -0.25) is 9.36 Å². The molecule has 0 saturated carbocycles. The van der Waals surface area contributed by atoms with E-state index in [2.05, 4.69) is 48.9 Å². The largest absolute Gasteiger partial charge is 0.480 e. The molecule has 3 aromatic rings. The van der Waals surface area contributed by atoms with Crippen molar-refractivity contribution >= 4 is 57.3 Å². The molecular formula is C21H25IN6O5S. The molecule has 0 amide bonds. The molecule has 13 heteroatoms. The van der Waals surface area contributed by atoms with Crippen LogP contribution in [0.5, 0.6) is 0 Å². The van der Waals surface area contributed by atoms with Crippen molar-refractivity contribution in [1.82, 2.24) is 19.5 Å². The zero-order valence-corrected chi connectivity index (χ0v) is 21.0. The van der Waals surface area contributed by atoms with Crippen LogP contribution in [0.4, 0.5) is 5.82 Å². The summed E-state index contributed by atoms with van der Waals surface area (Å²) < 4.78 is 8.67. The first-order valence-electron chi connectivity index (χ1n) is 10.6. The molecule has 5 atom stereocenters. The molecule has 1 aliphatic heterocycles. The van der Waals surface area contributed by atoms with Crippen LogP contribution in [0, 0.1) is 3.57 Å². The Hall–Kier alpha value is -2.04. The number of anilines is 1. The lowest BCUT2D eigenvalue weighted by atomic mass is 10.1. The third-order valence-corrected chi connectivity index (χ3v) is 7.25. The molecule has 11 nitrogen and oxygen atoms in total. The third kappa shape index (κ3) is 5.60. The molecule has 0 unspecified atom stereocenters. The highest BCUT2D eigenvalue weighted by Crippen LogP contribution is 2.33. The lowest BCUT2D eigenvalue weighted by Gasteiger charge is -2.16. The van der Waals surface area contributed by atoms with E-state index in [-0.39, 0.29) is 0 Å². The number of carbonyl (C=O) groups is 1. The number of aliphatic hydroxyl groups is 2. The summed E-state index contributed by atoms with van der Waals surface area (Å²) in [5, 5.41) is 33.3.